The molecule has 0 radical (unpaired) electrons. The van der Waals surface area contributed by atoms with Crippen molar-refractivity contribution in [3.8, 4) is 0 Å². The van der Waals surface area contributed by atoms with Crippen LogP contribution in [0.25, 0.3) is 0 Å². The summed E-state index contributed by atoms with van der Waals surface area (Å²) < 4.78 is 0. The van der Waals surface area contributed by atoms with Gasteiger partial charge in [-0.25, -0.2) is 0 Å². The van der Waals surface area contributed by atoms with Crippen molar-refractivity contribution < 1.29 is 4.79 Å². The van der Waals surface area contributed by atoms with Gasteiger partial charge >= 0.3 is 0 Å². The van der Waals surface area contributed by atoms with Crippen LogP contribution in [0.15, 0.2) is 22.5 Å². The molecule has 6 heteroatoms. The molecule has 1 aromatic heterocycles. The average Bonchev–Trinajstić information content (AvgIpc) is 3.39. The number of carbonyl (C=O) groups excluding carboxylic acids is 1. The van der Waals surface area contributed by atoms with E-state index in [-0.39, 0.29) is 23.3 Å². The average molecular weight is 405 g/mol. The van der Waals surface area contributed by atoms with Crippen molar-refractivity contribution in [3.63, 3.8) is 0 Å². The Kier molecular flexibility index (Phi) is 7.38. The van der Waals surface area contributed by atoms with E-state index in [0.29, 0.717) is 0 Å². The van der Waals surface area contributed by atoms with Gasteiger partial charge < -0.3 is 15.5 Å². The minimum absolute atomic E-state index is 0.0672. The molecule has 2 fully saturated rings. The first-order valence-corrected chi connectivity index (χ1v) is 11.8. The van der Waals surface area contributed by atoms with Gasteiger partial charge in [-0.2, -0.15) is 0 Å². The number of hydrogen-bond donors (Lipinski definition) is 2. The summed E-state index contributed by atoms with van der Waals surface area (Å²) in [6, 6.07) is 4.74. The van der Waals surface area contributed by atoms with E-state index in [0.717, 1.165) is 38.6 Å². The molecule has 2 aliphatic rings. The van der Waals surface area contributed by atoms with Crippen molar-refractivity contribution in [1.29, 1.82) is 0 Å². The lowest BCUT2D eigenvalue weighted by molar-refractivity contribution is -0.133. The highest BCUT2D eigenvalue weighted by Gasteiger charge is 2.35. The molecule has 1 saturated heterocycles. The third kappa shape index (κ3) is 5.07. The molecule has 1 atom stereocenters. The van der Waals surface area contributed by atoms with Crippen molar-refractivity contribution >= 4 is 23.2 Å². The maximum Gasteiger partial charge on any atom is 0.225 e. The minimum atomic E-state index is 0.0672. The van der Waals surface area contributed by atoms with E-state index in [9.17, 15) is 4.79 Å². The molecule has 3 rings (SSSR count). The fourth-order valence-electron chi connectivity index (χ4n) is 4.48. The first-order chi connectivity index (χ1) is 13.5. The van der Waals surface area contributed by atoms with Gasteiger partial charge in [0.15, 0.2) is 5.96 Å². The molecule has 2 heterocycles. The zero-order chi connectivity index (χ0) is 20.0. The van der Waals surface area contributed by atoms with Gasteiger partial charge in [-0.1, -0.05) is 39.2 Å². The molecular formula is C22H36N4OS. The predicted octanol–water partition coefficient (Wildman–Crippen LogP) is 3.76. The Hall–Kier alpha value is -1.56. The van der Waals surface area contributed by atoms with Crippen LogP contribution < -0.4 is 10.6 Å². The Morgan fingerprint density at radius 2 is 2.14 bits per heavy atom. The second-order valence-electron chi connectivity index (χ2n) is 8.58. The van der Waals surface area contributed by atoms with Crippen LogP contribution in [0, 0.1) is 5.92 Å². The first kappa shape index (κ1) is 21.2. The van der Waals surface area contributed by atoms with Crippen LogP contribution >= 0.6 is 11.3 Å². The fourth-order valence-corrected chi connectivity index (χ4v) is 5.46. The van der Waals surface area contributed by atoms with E-state index in [1.54, 1.807) is 0 Å². The number of nitrogens with zero attached hydrogens (tertiary/aromatic N) is 2. The summed E-state index contributed by atoms with van der Waals surface area (Å²) >= 11 is 1.88. The summed E-state index contributed by atoms with van der Waals surface area (Å²) in [5.41, 5.74) is 0.198. The summed E-state index contributed by atoms with van der Waals surface area (Å²) in [6.45, 7) is 9.36. The number of aliphatic imine (C=N–C) groups is 1. The number of hydrogen-bond acceptors (Lipinski definition) is 3. The Bertz CT molecular complexity index is 650. The lowest BCUT2D eigenvalue weighted by atomic mass is 9.73. The molecule has 1 aliphatic heterocycles. The number of likely N-dealkylation sites (tertiary alicyclic amines) is 1. The Morgan fingerprint density at radius 1 is 1.36 bits per heavy atom. The molecule has 156 valence electrons. The van der Waals surface area contributed by atoms with Gasteiger partial charge in [0.25, 0.3) is 0 Å². The standard InChI is InChI=1S/C22H36N4OS/c1-4-23-21(25-18-10-13-26(15-18)20(27)17(2)3)24-16-22(11-6-5-7-12-22)19-9-8-14-28-19/h8-9,14,17-18H,4-7,10-13,15-16H2,1-3H3,(H2,23,24,25). The molecular weight excluding hydrogens is 368 g/mol. The highest BCUT2D eigenvalue weighted by molar-refractivity contribution is 7.10. The summed E-state index contributed by atoms with van der Waals surface area (Å²) in [4.78, 5) is 20.8. The fraction of sp³-hybridized carbons (Fsp3) is 0.727. The molecule has 1 unspecified atom stereocenters. The lowest BCUT2D eigenvalue weighted by Gasteiger charge is -2.35. The summed E-state index contributed by atoms with van der Waals surface area (Å²) in [6.07, 6.45) is 7.39. The second-order valence-corrected chi connectivity index (χ2v) is 9.53. The van der Waals surface area contributed by atoms with Crippen LogP contribution in [0.1, 0.15) is 64.2 Å². The lowest BCUT2D eigenvalue weighted by Crippen LogP contribution is -2.46. The van der Waals surface area contributed by atoms with Gasteiger partial charge in [0.05, 0.1) is 6.54 Å². The van der Waals surface area contributed by atoms with Crippen LogP contribution in [0.2, 0.25) is 0 Å². The number of amides is 1. The number of guanidine groups is 1. The number of nitrogens with one attached hydrogen (secondary N) is 2. The Morgan fingerprint density at radius 3 is 2.79 bits per heavy atom. The van der Waals surface area contributed by atoms with Crippen LogP contribution in [0.3, 0.4) is 0 Å². The zero-order valence-electron chi connectivity index (χ0n) is 17.7. The van der Waals surface area contributed by atoms with Gasteiger partial charge in [0.2, 0.25) is 5.91 Å². The largest absolute Gasteiger partial charge is 0.357 e. The molecule has 1 saturated carbocycles. The molecule has 0 spiro atoms. The number of rotatable bonds is 6. The molecule has 1 aliphatic carbocycles. The van der Waals surface area contributed by atoms with Gasteiger partial charge in [0.1, 0.15) is 0 Å². The van der Waals surface area contributed by atoms with E-state index in [1.807, 2.05) is 30.1 Å². The molecule has 0 aromatic carbocycles. The van der Waals surface area contributed by atoms with Crippen LogP contribution in [0.5, 0.6) is 0 Å². The van der Waals surface area contributed by atoms with Crippen molar-refractivity contribution in [3.05, 3.63) is 22.4 Å². The molecule has 2 N–H and O–H groups in total. The minimum Gasteiger partial charge on any atom is -0.357 e. The van der Waals surface area contributed by atoms with Gasteiger partial charge in [-0.3, -0.25) is 9.79 Å². The maximum atomic E-state index is 12.3. The molecule has 5 nitrogen and oxygen atoms in total. The topological polar surface area (TPSA) is 56.7 Å². The van der Waals surface area contributed by atoms with Gasteiger partial charge in [-0.15, -0.1) is 11.3 Å². The monoisotopic (exact) mass is 404 g/mol. The summed E-state index contributed by atoms with van der Waals surface area (Å²) in [7, 11) is 0. The van der Waals surface area contributed by atoms with Crippen molar-refractivity contribution in [2.45, 2.75) is 70.8 Å². The normalized spacial score (nSPS) is 22.5. The molecule has 28 heavy (non-hydrogen) atoms. The second kappa shape index (κ2) is 9.77. The number of carbonyl (C=O) groups is 1. The van der Waals surface area contributed by atoms with Crippen LogP contribution in [-0.4, -0.2) is 49.0 Å². The Balaban J connectivity index is 1.66. The first-order valence-electron chi connectivity index (χ1n) is 10.9. The molecule has 1 amide bonds. The van der Waals surface area contributed by atoms with Crippen molar-refractivity contribution in [1.82, 2.24) is 15.5 Å². The smallest absolute Gasteiger partial charge is 0.225 e. The quantitative estimate of drug-likeness (QED) is 0.561. The van der Waals surface area contributed by atoms with Crippen LogP contribution in [0.4, 0.5) is 0 Å². The highest BCUT2D eigenvalue weighted by atomic mass is 32.1. The number of thiophene rings is 1. The summed E-state index contributed by atoms with van der Waals surface area (Å²) in [5, 5.41) is 9.20. The SMILES string of the molecule is CCNC(=NCC1(c2cccs2)CCCCC1)NC1CCN(C(=O)C(C)C)C1. The highest BCUT2D eigenvalue weighted by Crippen LogP contribution is 2.41. The van der Waals surface area contributed by atoms with Crippen LogP contribution in [-0.2, 0) is 10.2 Å². The van der Waals surface area contributed by atoms with Crippen molar-refractivity contribution in [2.24, 2.45) is 10.9 Å². The summed E-state index contributed by atoms with van der Waals surface area (Å²) in [5.74, 6) is 1.22. The maximum absolute atomic E-state index is 12.3. The molecule has 0 bridgehead atoms. The van der Waals surface area contributed by atoms with E-state index < -0.39 is 0 Å². The van der Waals surface area contributed by atoms with E-state index in [1.165, 1.54) is 37.0 Å². The third-order valence-electron chi connectivity index (χ3n) is 6.07. The van der Waals surface area contributed by atoms with E-state index >= 15 is 0 Å². The van der Waals surface area contributed by atoms with E-state index in [4.69, 9.17) is 4.99 Å². The Labute approximate surface area is 174 Å². The predicted molar refractivity (Wildman–Crippen MR) is 118 cm³/mol. The zero-order valence-corrected chi connectivity index (χ0v) is 18.5. The van der Waals surface area contributed by atoms with Gasteiger partial charge in [-0.05, 0) is 37.6 Å². The van der Waals surface area contributed by atoms with Gasteiger partial charge in [0, 0.05) is 41.9 Å². The molecule has 1 aromatic rings. The van der Waals surface area contributed by atoms with Crippen molar-refractivity contribution in [2.75, 3.05) is 26.2 Å². The van der Waals surface area contributed by atoms with E-state index in [2.05, 4.69) is 35.1 Å². The third-order valence-corrected chi connectivity index (χ3v) is 7.19.